The molecule has 0 heterocycles. The standard InChI is InChI=1S/C16H34O2/c1-3-5-6-7-8-9-10-11-12-13-14-18-15-16(17)4-2/h16-17H,3-15H2,1-2H3/t16-/m0/s1. The molecule has 0 aliphatic rings. The molecule has 0 bridgehead atoms. The Morgan fingerprint density at radius 3 is 1.78 bits per heavy atom. The van der Waals surface area contributed by atoms with Gasteiger partial charge in [-0.1, -0.05) is 71.6 Å². The lowest BCUT2D eigenvalue weighted by molar-refractivity contribution is 0.0335. The fourth-order valence-corrected chi connectivity index (χ4v) is 2.03. The average molecular weight is 258 g/mol. The number of ether oxygens (including phenoxy) is 1. The van der Waals surface area contributed by atoms with Crippen molar-refractivity contribution >= 4 is 0 Å². The van der Waals surface area contributed by atoms with Crippen LogP contribution >= 0.6 is 0 Å². The quantitative estimate of drug-likeness (QED) is 0.458. The van der Waals surface area contributed by atoms with E-state index in [0.717, 1.165) is 19.4 Å². The largest absolute Gasteiger partial charge is 0.391 e. The van der Waals surface area contributed by atoms with Gasteiger partial charge >= 0.3 is 0 Å². The summed E-state index contributed by atoms with van der Waals surface area (Å²) in [6.07, 6.45) is 14.1. The molecule has 0 radical (unpaired) electrons. The van der Waals surface area contributed by atoms with Gasteiger partial charge in [0.1, 0.15) is 0 Å². The summed E-state index contributed by atoms with van der Waals surface area (Å²) in [5, 5.41) is 9.29. The predicted octanol–water partition coefficient (Wildman–Crippen LogP) is 4.69. The monoisotopic (exact) mass is 258 g/mol. The van der Waals surface area contributed by atoms with Gasteiger partial charge in [-0.3, -0.25) is 0 Å². The zero-order valence-corrected chi connectivity index (χ0v) is 12.6. The van der Waals surface area contributed by atoms with Gasteiger partial charge in [-0.05, 0) is 12.8 Å². The van der Waals surface area contributed by atoms with Crippen molar-refractivity contribution in [3.05, 3.63) is 0 Å². The topological polar surface area (TPSA) is 29.5 Å². The molecular weight excluding hydrogens is 224 g/mol. The predicted molar refractivity (Wildman–Crippen MR) is 79.0 cm³/mol. The third-order valence-corrected chi connectivity index (χ3v) is 3.42. The molecule has 0 saturated carbocycles. The SMILES string of the molecule is CCCCCCCCCCCCOC[C@@H](O)CC. The number of rotatable bonds is 14. The lowest BCUT2D eigenvalue weighted by Gasteiger charge is -2.08. The highest BCUT2D eigenvalue weighted by Gasteiger charge is 1.99. The molecule has 0 unspecified atom stereocenters. The summed E-state index contributed by atoms with van der Waals surface area (Å²) in [5.74, 6) is 0. The van der Waals surface area contributed by atoms with Crippen LogP contribution in [0.4, 0.5) is 0 Å². The summed E-state index contributed by atoms with van der Waals surface area (Å²) >= 11 is 0. The van der Waals surface area contributed by atoms with Gasteiger partial charge in [0.05, 0.1) is 12.7 Å². The van der Waals surface area contributed by atoms with Crippen LogP contribution < -0.4 is 0 Å². The van der Waals surface area contributed by atoms with E-state index in [-0.39, 0.29) is 6.10 Å². The van der Waals surface area contributed by atoms with Crippen molar-refractivity contribution in [1.82, 2.24) is 0 Å². The number of aliphatic hydroxyl groups is 1. The van der Waals surface area contributed by atoms with E-state index < -0.39 is 0 Å². The van der Waals surface area contributed by atoms with E-state index in [2.05, 4.69) is 6.92 Å². The van der Waals surface area contributed by atoms with Crippen LogP contribution in [0.3, 0.4) is 0 Å². The maximum absolute atomic E-state index is 9.29. The number of hydrogen-bond acceptors (Lipinski definition) is 2. The molecule has 1 atom stereocenters. The van der Waals surface area contributed by atoms with Gasteiger partial charge in [0, 0.05) is 6.61 Å². The Morgan fingerprint density at radius 1 is 0.778 bits per heavy atom. The van der Waals surface area contributed by atoms with Gasteiger partial charge < -0.3 is 9.84 Å². The van der Waals surface area contributed by atoms with Crippen LogP contribution in [0.2, 0.25) is 0 Å². The number of unbranched alkanes of at least 4 members (excludes halogenated alkanes) is 9. The molecule has 0 saturated heterocycles. The van der Waals surface area contributed by atoms with Gasteiger partial charge in [-0.15, -0.1) is 0 Å². The number of hydrogen-bond donors (Lipinski definition) is 1. The van der Waals surface area contributed by atoms with Crippen LogP contribution in [0.25, 0.3) is 0 Å². The van der Waals surface area contributed by atoms with E-state index in [1.54, 1.807) is 0 Å². The third kappa shape index (κ3) is 14.0. The first-order valence-electron chi connectivity index (χ1n) is 8.07. The van der Waals surface area contributed by atoms with E-state index in [1.807, 2.05) is 6.92 Å². The summed E-state index contributed by atoms with van der Waals surface area (Å²) in [4.78, 5) is 0. The normalized spacial score (nSPS) is 12.8. The first kappa shape index (κ1) is 17.9. The molecule has 1 N–H and O–H groups in total. The van der Waals surface area contributed by atoms with Gasteiger partial charge in [0.25, 0.3) is 0 Å². The van der Waals surface area contributed by atoms with Crippen LogP contribution in [0.15, 0.2) is 0 Å². The van der Waals surface area contributed by atoms with E-state index in [0.29, 0.717) is 6.61 Å². The summed E-state index contributed by atoms with van der Waals surface area (Å²) < 4.78 is 5.41. The minimum Gasteiger partial charge on any atom is -0.391 e. The maximum Gasteiger partial charge on any atom is 0.0771 e. The van der Waals surface area contributed by atoms with Gasteiger partial charge in [-0.25, -0.2) is 0 Å². The first-order valence-corrected chi connectivity index (χ1v) is 8.07. The molecule has 0 amide bonds. The fraction of sp³-hybridized carbons (Fsp3) is 1.00. The molecule has 0 aromatic heterocycles. The second-order valence-corrected chi connectivity index (χ2v) is 5.32. The lowest BCUT2D eigenvalue weighted by atomic mass is 10.1. The van der Waals surface area contributed by atoms with Crippen LogP contribution in [-0.2, 0) is 4.74 Å². The Labute approximate surface area is 114 Å². The van der Waals surface area contributed by atoms with Crippen molar-refractivity contribution in [2.75, 3.05) is 13.2 Å². The molecule has 0 aromatic carbocycles. The lowest BCUT2D eigenvalue weighted by Crippen LogP contribution is -2.14. The van der Waals surface area contributed by atoms with Gasteiger partial charge in [-0.2, -0.15) is 0 Å². The molecule has 0 aliphatic heterocycles. The maximum atomic E-state index is 9.29. The highest BCUT2D eigenvalue weighted by Crippen LogP contribution is 2.10. The minimum absolute atomic E-state index is 0.270. The smallest absolute Gasteiger partial charge is 0.0771 e. The van der Waals surface area contributed by atoms with Crippen LogP contribution in [0, 0.1) is 0 Å². The van der Waals surface area contributed by atoms with Crippen molar-refractivity contribution in [1.29, 1.82) is 0 Å². The molecule has 0 fully saturated rings. The van der Waals surface area contributed by atoms with Crippen molar-refractivity contribution < 1.29 is 9.84 Å². The summed E-state index contributed by atoms with van der Waals surface area (Å²) in [6.45, 7) is 5.57. The third-order valence-electron chi connectivity index (χ3n) is 3.42. The van der Waals surface area contributed by atoms with Gasteiger partial charge in [0.15, 0.2) is 0 Å². The molecule has 2 nitrogen and oxygen atoms in total. The van der Waals surface area contributed by atoms with E-state index in [9.17, 15) is 5.11 Å². The highest BCUT2D eigenvalue weighted by atomic mass is 16.5. The Bertz CT molecular complexity index is 148. The molecule has 0 spiro atoms. The van der Waals surface area contributed by atoms with E-state index in [1.165, 1.54) is 57.8 Å². The molecule has 0 aromatic rings. The Morgan fingerprint density at radius 2 is 1.28 bits per heavy atom. The van der Waals surface area contributed by atoms with Crippen molar-refractivity contribution in [3.8, 4) is 0 Å². The van der Waals surface area contributed by atoms with Crippen molar-refractivity contribution in [2.45, 2.75) is 90.6 Å². The molecule has 2 heteroatoms. The Hall–Kier alpha value is -0.0800. The molecule has 18 heavy (non-hydrogen) atoms. The Kier molecular flexibility index (Phi) is 14.9. The van der Waals surface area contributed by atoms with Crippen LogP contribution in [0.5, 0.6) is 0 Å². The fourth-order valence-electron chi connectivity index (χ4n) is 2.03. The molecular formula is C16H34O2. The second kappa shape index (κ2) is 15.0. The van der Waals surface area contributed by atoms with E-state index >= 15 is 0 Å². The Balaban J connectivity index is 2.94. The molecule has 0 rings (SSSR count). The highest BCUT2D eigenvalue weighted by molar-refractivity contribution is 4.50. The van der Waals surface area contributed by atoms with Crippen molar-refractivity contribution in [2.24, 2.45) is 0 Å². The van der Waals surface area contributed by atoms with E-state index in [4.69, 9.17) is 4.74 Å². The molecule has 0 aliphatic carbocycles. The molecule has 110 valence electrons. The first-order chi connectivity index (χ1) is 8.81. The zero-order valence-electron chi connectivity index (χ0n) is 12.6. The minimum atomic E-state index is -0.270. The zero-order chi connectivity index (χ0) is 13.5. The van der Waals surface area contributed by atoms with Crippen LogP contribution in [-0.4, -0.2) is 24.4 Å². The summed E-state index contributed by atoms with van der Waals surface area (Å²) in [7, 11) is 0. The average Bonchev–Trinajstić information content (AvgIpc) is 2.39. The summed E-state index contributed by atoms with van der Waals surface area (Å²) in [5.41, 5.74) is 0. The van der Waals surface area contributed by atoms with Crippen LogP contribution in [0.1, 0.15) is 84.5 Å². The van der Waals surface area contributed by atoms with Crippen molar-refractivity contribution in [3.63, 3.8) is 0 Å². The number of aliphatic hydroxyl groups excluding tert-OH is 1. The second-order valence-electron chi connectivity index (χ2n) is 5.32. The summed E-state index contributed by atoms with van der Waals surface area (Å²) in [6, 6.07) is 0. The van der Waals surface area contributed by atoms with Gasteiger partial charge in [0.2, 0.25) is 0 Å².